The first-order chi connectivity index (χ1) is 5.16. The first kappa shape index (κ1) is 8.09. The zero-order chi connectivity index (χ0) is 8.43. The normalized spacial score (nSPS) is 26.2. The maximum atomic E-state index is 8.69. The quantitative estimate of drug-likeness (QED) is 0.508. The number of allylic oxidation sites excluding steroid dienone is 1. The Hall–Kier alpha value is -1.01. The lowest BCUT2D eigenvalue weighted by atomic mass is 10.2. The fourth-order valence-electron chi connectivity index (χ4n) is 1.15. The second kappa shape index (κ2) is 2.93. The molecule has 1 atom stereocenters. The lowest BCUT2D eigenvalue weighted by Gasteiger charge is -2.36. The fraction of sp³-hybridized carbons (Fsp3) is 0.625. The molecule has 0 saturated heterocycles. The van der Waals surface area contributed by atoms with Crippen molar-refractivity contribution in [3.05, 3.63) is 11.8 Å². The minimum atomic E-state index is 0.328. The molecule has 1 aliphatic rings. The summed E-state index contributed by atoms with van der Waals surface area (Å²) < 4.78 is 0. The van der Waals surface area contributed by atoms with Gasteiger partial charge in [-0.15, -0.1) is 0 Å². The minimum absolute atomic E-state index is 0.328. The van der Waals surface area contributed by atoms with Crippen LogP contribution in [0.1, 0.15) is 6.92 Å². The van der Waals surface area contributed by atoms with E-state index in [9.17, 15) is 0 Å². The SMILES string of the molecule is CC1N(C)CC=C(C#N)N1C. The van der Waals surface area contributed by atoms with Crippen LogP contribution in [0.5, 0.6) is 0 Å². The van der Waals surface area contributed by atoms with Crippen molar-refractivity contribution in [2.75, 3.05) is 20.6 Å². The van der Waals surface area contributed by atoms with Gasteiger partial charge in [0.05, 0.1) is 6.17 Å². The van der Waals surface area contributed by atoms with Crippen molar-refractivity contribution in [3.8, 4) is 6.07 Å². The van der Waals surface area contributed by atoms with Crippen LogP contribution in [0.4, 0.5) is 0 Å². The molecule has 0 amide bonds. The molecular weight excluding hydrogens is 138 g/mol. The molecule has 0 aromatic carbocycles. The number of nitriles is 1. The molecule has 0 saturated carbocycles. The first-order valence-corrected chi connectivity index (χ1v) is 3.70. The van der Waals surface area contributed by atoms with E-state index in [0.29, 0.717) is 6.17 Å². The molecule has 11 heavy (non-hydrogen) atoms. The molecule has 0 spiro atoms. The Kier molecular flexibility index (Phi) is 2.16. The van der Waals surface area contributed by atoms with Gasteiger partial charge in [0.15, 0.2) is 0 Å². The van der Waals surface area contributed by atoms with Gasteiger partial charge in [-0.05, 0) is 20.0 Å². The van der Waals surface area contributed by atoms with Gasteiger partial charge in [-0.1, -0.05) is 0 Å². The molecule has 1 unspecified atom stereocenters. The standard InChI is InChI=1S/C8H13N3/c1-7-10(2)5-4-8(6-9)11(7)3/h4,7H,5H2,1-3H3. The van der Waals surface area contributed by atoms with E-state index < -0.39 is 0 Å². The van der Waals surface area contributed by atoms with Crippen molar-refractivity contribution in [1.29, 1.82) is 5.26 Å². The van der Waals surface area contributed by atoms with Gasteiger partial charge in [-0.2, -0.15) is 5.26 Å². The Labute approximate surface area is 67.5 Å². The van der Waals surface area contributed by atoms with E-state index in [1.165, 1.54) is 0 Å². The van der Waals surface area contributed by atoms with Crippen LogP contribution >= 0.6 is 0 Å². The third-order valence-electron chi connectivity index (χ3n) is 2.27. The third kappa shape index (κ3) is 1.36. The largest absolute Gasteiger partial charge is 0.351 e. The van der Waals surface area contributed by atoms with Crippen molar-refractivity contribution < 1.29 is 0 Å². The van der Waals surface area contributed by atoms with Gasteiger partial charge in [-0.3, -0.25) is 4.90 Å². The third-order valence-corrected chi connectivity index (χ3v) is 2.27. The van der Waals surface area contributed by atoms with Crippen molar-refractivity contribution in [1.82, 2.24) is 9.80 Å². The minimum Gasteiger partial charge on any atom is -0.351 e. The molecule has 0 fully saturated rings. The van der Waals surface area contributed by atoms with E-state index in [2.05, 4.69) is 17.9 Å². The average molecular weight is 151 g/mol. The summed E-state index contributed by atoms with van der Waals surface area (Å²) in [4.78, 5) is 4.16. The van der Waals surface area contributed by atoms with Crippen LogP contribution in [0.25, 0.3) is 0 Å². The van der Waals surface area contributed by atoms with Crippen LogP contribution in [0.3, 0.4) is 0 Å². The van der Waals surface area contributed by atoms with Crippen LogP contribution in [-0.4, -0.2) is 36.6 Å². The maximum Gasteiger partial charge on any atom is 0.117 e. The van der Waals surface area contributed by atoms with E-state index in [1.807, 2.05) is 25.1 Å². The van der Waals surface area contributed by atoms with E-state index in [0.717, 1.165) is 12.2 Å². The molecule has 0 aromatic heterocycles. The van der Waals surface area contributed by atoms with Crippen LogP contribution < -0.4 is 0 Å². The van der Waals surface area contributed by atoms with Crippen molar-refractivity contribution in [2.45, 2.75) is 13.1 Å². The monoisotopic (exact) mass is 151 g/mol. The number of hydrogen-bond acceptors (Lipinski definition) is 3. The molecule has 1 rings (SSSR count). The lowest BCUT2D eigenvalue weighted by molar-refractivity contribution is 0.126. The molecule has 0 bridgehead atoms. The summed E-state index contributed by atoms with van der Waals surface area (Å²) in [6.45, 7) is 2.96. The highest BCUT2D eigenvalue weighted by Crippen LogP contribution is 2.13. The summed E-state index contributed by atoms with van der Waals surface area (Å²) in [5.41, 5.74) is 0.774. The predicted molar refractivity (Wildman–Crippen MR) is 43.6 cm³/mol. The number of hydrogen-bond donors (Lipinski definition) is 0. The second-order valence-electron chi connectivity index (χ2n) is 2.88. The molecule has 1 aliphatic heterocycles. The molecule has 1 heterocycles. The Bertz CT molecular complexity index is 214. The number of nitrogens with zero attached hydrogens (tertiary/aromatic N) is 3. The van der Waals surface area contributed by atoms with Crippen molar-refractivity contribution in [3.63, 3.8) is 0 Å². The summed E-state index contributed by atoms with van der Waals surface area (Å²) in [5.74, 6) is 0. The molecule has 3 nitrogen and oxygen atoms in total. The predicted octanol–water partition coefficient (Wildman–Crippen LogP) is 0.617. The van der Waals surface area contributed by atoms with Crippen LogP contribution in [-0.2, 0) is 0 Å². The Morgan fingerprint density at radius 2 is 2.27 bits per heavy atom. The van der Waals surface area contributed by atoms with Crippen LogP contribution in [0, 0.1) is 11.3 Å². The van der Waals surface area contributed by atoms with E-state index in [4.69, 9.17) is 5.26 Å². The topological polar surface area (TPSA) is 30.3 Å². The number of likely N-dealkylation sites (N-methyl/N-ethyl adjacent to an activating group) is 1. The summed E-state index contributed by atoms with van der Waals surface area (Å²) in [6.07, 6.45) is 2.27. The van der Waals surface area contributed by atoms with E-state index in [-0.39, 0.29) is 0 Å². The Morgan fingerprint density at radius 1 is 1.64 bits per heavy atom. The van der Waals surface area contributed by atoms with Gasteiger partial charge in [-0.25, -0.2) is 0 Å². The van der Waals surface area contributed by atoms with Gasteiger partial charge in [0.2, 0.25) is 0 Å². The summed E-state index contributed by atoms with van der Waals surface area (Å²) in [6, 6.07) is 2.16. The summed E-state index contributed by atoms with van der Waals surface area (Å²) >= 11 is 0. The van der Waals surface area contributed by atoms with Crippen molar-refractivity contribution >= 4 is 0 Å². The molecule has 0 radical (unpaired) electrons. The molecule has 0 aliphatic carbocycles. The highest BCUT2D eigenvalue weighted by molar-refractivity contribution is 5.21. The van der Waals surface area contributed by atoms with E-state index in [1.54, 1.807) is 0 Å². The molecule has 3 heteroatoms. The zero-order valence-electron chi connectivity index (χ0n) is 7.20. The van der Waals surface area contributed by atoms with Gasteiger partial charge >= 0.3 is 0 Å². The van der Waals surface area contributed by atoms with Crippen LogP contribution in [0.2, 0.25) is 0 Å². The average Bonchev–Trinajstić information content (AvgIpc) is 2.01. The van der Waals surface area contributed by atoms with E-state index >= 15 is 0 Å². The van der Waals surface area contributed by atoms with Gasteiger partial charge < -0.3 is 4.90 Å². The lowest BCUT2D eigenvalue weighted by Crippen LogP contribution is -2.45. The molecular formula is C8H13N3. The maximum absolute atomic E-state index is 8.69. The summed E-state index contributed by atoms with van der Waals surface area (Å²) in [5, 5.41) is 8.69. The van der Waals surface area contributed by atoms with Gasteiger partial charge in [0.1, 0.15) is 11.8 Å². The zero-order valence-corrected chi connectivity index (χ0v) is 7.20. The van der Waals surface area contributed by atoms with Gasteiger partial charge in [0.25, 0.3) is 0 Å². The highest BCUT2D eigenvalue weighted by atomic mass is 15.3. The Morgan fingerprint density at radius 3 is 2.82 bits per heavy atom. The molecule has 60 valence electrons. The Balaban J connectivity index is 2.81. The molecule has 0 aromatic rings. The van der Waals surface area contributed by atoms with Gasteiger partial charge in [0, 0.05) is 13.6 Å². The summed E-state index contributed by atoms with van der Waals surface area (Å²) in [7, 11) is 3.99. The smallest absolute Gasteiger partial charge is 0.117 e. The van der Waals surface area contributed by atoms with Crippen LogP contribution in [0.15, 0.2) is 11.8 Å². The van der Waals surface area contributed by atoms with Crippen molar-refractivity contribution in [2.24, 2.45) is 0 Å². The highest BCUT2D eigenvalue weighted by Gasteiger charge is 2.19. The number of rotatable bonds is 0. The fourth-order valence-corrected chi connectivity index (χ4v) is 1.15. The molecule has 0 N–H and O–H groups in total. The first-order valence-electron chi connectivity index (χ1n) is 3.70. The second-order valence-corrected chi connectivity index (χ2v) is 2.88.